The monoisotopic (exact) mass is 185 g/mol. The van der Waals surface area contributed by atoms with E-state index in [0.29, 0.717) is 5.71 Å². The van der Waals surface area contributed by atoms with Crippen LogP contribution in [0.3, 0.4) is 0 Å². The molecule has 0 spiro atoms. The minimum Gasteiger partial charge on any atom is -0.300 e. The van der Waals surface area contributed by atoms with Crippen molar-refractivity contribution < 1.29 is 0 Å². The van der Waals surface area contributed by atoms with E-state index in [4.69, 9.17) is 5.41 Å². The molecule has 0 amide bonds. The molecule has 0 aliphatic heterocycles. The largest absolute Gasteiger partial charge is 0.300 e. The van der Waals surface area contributed by atoms with Crippen molar-refractivity contribution in [2.75, 3.05) is 0 Å². The van der Waals surface area contributed by atoms with Gasteiger partial charge in [-0.15, -0.1) is 0 Å². The third kappa shape index (κ3) is 2.70. The van der Waals surface area contributed by atoms with E-state index >= 15 is 0 Å². The molecule has 0 aromatic heterocycles. The van der Waals surface area contributed by atoms with Gasteiger partial charge in [-0.2, -0.15) is 0 Å². The number of nitrogens with one attached hydrogen (secondary N) is 1. The van der Waals surface area contributed by atoms with Crippen LogP contribution in [0.2, 0.25) is 0 Å². The van der Waals surface area contributed by atoms with Crippen LogP contribution in [0.15, 0.2) is 54.1 Å². The highest BCUT2D eigenvalue weighted by Crippen LogP contribution is 2.07. The van der Waals surface area contributed by atoms with Gasteiger partial charge in [0, 0.05) is 0 Å². The summed E-state index contributed by atoms with van der Waals surface area (Å²) in [5.41, 5.74) is 2.53. The molecular formula is C13H15N. The molecule has 1 rings (SSSR count). The Labute approximate surface area is 85.3 Å². The molecule has 1 nitrogen and oxygen atoms in total. The van der Waals surface area contributed by atoms with Crippen molar-refractivity contribution in [3.63, 3.8) is 0 Å². The molecule has 0 radical (unpaired) electrons. The second-order valence-electron chi connectivity index (χ2n) is 3.12. The van der Waals surface area contributed by atoms with Gasteiger partial charge in [-0.25, -0.2) is 0 Å². The fourth-order valence-corrected chi connectivity index (χ4v) is 1.16. The van der Waals surface area contributed by atoms with Gasteiger partial charge >= 0.3 is 0 Å². The van der Waals surface area contributed by atoms with Gasteiger partial charge in [-0.05, 0) is 25.0 Å². The van der Waals surface area contributed by atoms with E-state index in [1.54, 1.807) is 0 Å². The van der Waals surface area contributed by atoms with Gasteiger partial charge in [0.25, 0.3) is 0 Å². The van der Waals surface area contributed by atoms with Crippen molar-refractivity contribution >= 4 is 5.71 Å². The van der Waals surface area contributed by atoms with E-state index in [9.17, 15) is 0 Å². The summed E-state index contributed by atoms with van der Waals surface area (Å²) in [6, 6.07) is 9.77. The molecular weight excluding hydrogens is 170 g/mol. The lowest BCUT2D eigenvalue weighted by molar-refractivity contribution is 1.42. The lowest BCUT2D eigenvalue weighted by Gasteiger charge is -2.02. The van der Waals surface area contributed by atoms with Crippen molar-refractivity contribution in [3.8, 4) is 0 Å². The van der Waals surface area contributed by atoms with Gasteiger partial charge in [-0.1, -0.05) is 48.6 Å². The lowest BCUT2D eigenvalue weighted by atomic mass is 10.0. The van der Waals surface area contributed by atoms with Crippen LogP contribution >= 0.6 is 0 Å². The molecule has 0 heterocycles. The molecule has 1 aromatic carbocycles. The third-order valence-corrected chi connectivity index (χ3v) is 2.00. The zero-order chi connectivity index (χ0) is 10.4. The zero-order valence-electron chi connectivity index (χ0n) is 8.62. The fraction of sp³-hybridized carbons (Fsp3) is 0.154. The van der Waals surface area contributed by atoms with E-state index in [1.807, 2.05) is 62.4 Å². The first-order chi connectivity index (χ1) is 6.75. The molecule has 1 heteroatoms. The molecule has 1 aromatic rings. The Morgan fingerprint density at radius 2 is 1.86 bits per heavy atom. The van der Waals surface area contributed by atoms with Gasteiger partial charge in [-0.3, -0.25) is 5.41 Å². The van der Waals surface area contributed by atoms with Crippen molar-refractivity contribution in [1.29, 1.82) is 5.41 Å². The first-order valence-corrected chi connectivity index (χ1v) is 4.69. The van der Waals surface area contributed by atoms with E-state index in [2.05, 4.69) is 0 Å². The number of rotatable bonds is 3. The quantitative estimate of drug-likeness (QED) is 0.550. The average molecular weight is 185 g/mol. The Morgan fingerprint density at radius 1 is 1.21 bits per heavy atom. The second kappa shape index (κ2) is 5.18. The van der Waals surface area contributed by atoms with Crippen LogP contribution in [-0.4, -0.2) is 5.71 Å². The summed E-state index contributed by atoms with van der Waals surface area (Å²) in [6.45, 7) is 3.92. The predicted octanol–water partition coefficient (Wildman–Crippen LogP) is 3.58. The summed E-state index contributed by atoms with van der Waals surface area (Å²) in [6.07, 6.45) is 5.86. The minimum absolute atomic E-state index is 0.587. The molecule has 0 saturated heterocycles. The van der Waals surface area contributed by atoms with Crippen LogP contribution < -0.4 is 0 Å². The van der Waals surface area contributed by atoms with Crippen molar-refractivity contribution in [2.45, 2.75) is 13.8 Å². The summed E-state index contributed by atoms with van der Waals surface area (Å²) in [5, 5.41) is 7.91. The van der Waals surface area contributed by atoms with E-state index in [0.717, 1.165) is 11.1 Å². The SMILES string of the molecule is C/C=C\C=C(/C)C(=N)c1ccccc1. The number of benzene rings is 1. The summed E-state index contributed by atoms with van der Waals surface area (Å²) in [5.74, 6) is 0. The topological polar surface area (TPSA) is 23.9 Å². The molecule has 1 N–H and O–H groups in total. The smallest absolute Gasteiger partial charge is 0.0641 e. The van der Waals surface area contributed by atoms with Crippen molar-refractivity contribution in [2.24, 2.45) is 0 Å². The second-order valence-corrected chi connectivity index (χ2v) is 3.12. The lowest BCUT2D eigenvalue weighted by Crippen LogP contribution is -1.99. The molecule has 0 bridgehead atoms. The Kier molecular flexibility index (Phi) is 3.86. The first kappa shape index (κ1) is 10.5. The zero-order valence-corrected chi connectivity index (χ0v) is 8.62. The summed E-state index contributed by atoms with van der Waals surface area (Å²) in [4.78, 5) is 0. The van der Waals surface area contributed by atoms with E-state index in [-0.39, 0.29) is 0 Å². The standard InChI is InChI=1S/C13H15N/c1-3-4-8-11(2)13(14)12-9-6-5-7-10-12/h3-10,14H,1-2H3/b4-3-,11-8+,14-13?. The Morgan fingerprint density at radius 3 is 2.43 bits per heavy atom. The number of allylic oxidation sites excluding steroid dienone is 4. The average Bonchev–Trinajstić information content (AvgIpc) is 2.26. The van der Waals surface area contributed by atoms with Gasteiger partial charge < -0.3 is 0 Å². The highest BCUT2D eigenvalue weighted by molar-refractivity contribution is 6.10. The Bertz CT molecular complexity index is 358. The van der Waals surface area contributed by atoms with Crippen LogP contribution in [0, 0.1) is 5.41 Å². The van der Waals surface area contributed by atoms with Crippen LogP contribution in [0.5, 0.6) is 0 Å². The molecule has 0 fully saturated rings. The van der Waals surface area contributed by atoms with Crippen molar-refractivity contribution in [3.05, 3.63) is 59.7 Å². The van der Waals surface area contributed by atoms with Gasteiger partial charge in [0.05, 0.1) is 5.71 Å². The Balaban J connectivity index is 2.86. The minimum atomic E-state index is 0.587. The maximum Gasteiger partial charge on any atom is 0.0641 e. The number of hydrogen-bond donors (Lipinski definition) is 1. The maximum absolute atomic E-state index is 7.91. The van der Waals surface area contributed by atoms with Crippen LogP contribution in [0.25, 0.3) is 0 Å². The highest BCUT2D eigenvalue weighted by Gasteiger charge is 2.00. The van der Waals surface area contributed by atoms with Gasteiger partial charge in [0.15, 0.2) is 0 Å². The fourth-order valence-electron chi connectivity index (χ4n) is 1.16. The van der Waals surface area contributed by atoms with Crippen LogP contribution in [-0.2, 0) is 0 Å². The van der Waals surface area contributed by atoms with E-state index < -0.39 is 0 Å². The Hall–Kier alpha value is -1.63. The molecule has 0 unspecified atom stereocenters. The van der Waals surface area contributed by atoms with Crippen LogP contribution in [0.1, 0.15) is 19.4 Å². The van der Waals surface area contributed by atoms with Gasteiger partial charge in [0.1, 0.15) is 0 Å². The maximum atomic E-state index is 7.91. The third-order valence-electron chi connectivity index (χ3n) is 2.00. The van der Waals surface area contributed by atoms with Crippen molar-refractivity contribution in [1.82, 2.24) is 0 Å². The summed E-state index contributed by atoms with van der Waals surface area (Å²) in [7, 11) is 0. The predicted molar refractivity (Wildman–Crippen MR) is 61.8 cm³/mol. The molecule has 0 aliphatic rings. The van der Waals surface area contributed by atoms with Gasteiger partial charge in [0.2, 0.25) is 0 Å². The van der Waals surface area contributed by atoms with E-state index in [1.165, 1.54) is 0 Å². The molecule has 72 valence electrons. The summed E-state index contributed by atoms with van der Waals surface area (Å²) < 4.78 is 0. The molecule has 14 heavy (non-hydrogen) atoms. The molecule has 0 aliphatic carbocycles. The summed E-state index contributed by atoms with van der Waals surface area (Å²) >= 11 is 0. The van der Waals surface area contributed by atoms with Crippen LogP contribution in [0.4, 0.5) is 0 Å². The highest BCUT2D eigenvalue weighted by atomic mass is 14.4. The molecule has 0 atom stereocenters. The number of hydrogen-bond acceptors (Lipinski definition) is 1. The first-order valence-electron chi connectivity index (χ1n) is 4.69. The normalized spacial score (nSPS) is 12.0. The molecule has 0 saturated carbocycles.